The second-order valence-corrected chi connectivity index (χ2v) is 6.25. The number of hydrogen-bond donors (Lipinski definition) is 1. The molecule has 3 rings (SSSR count). The van der Waals surface area contributed by atoms with Crippen LogP contribution in [0, 0.1) is 0 Å². The number of amides is 1. The van der Waals surface area contributed by atoms with Crippen molar-refractivity contribution in [2.75, 3.05) is 12.4 Å². The van der Waals surface area contributed by atoms with Crippen molar-refractivity contribution in [3.8, 4) is 5.75 Å². The SMILES string of the molecule is CCn1nc(C(=O)O[C@H](C)C(=O)Nc2ccccc2OC)c2ccccc2c1=O. The Labute approximate surface area is 167 Å². The number of para-hydroxylation sites is 2. The number of ether oxygens (including phenoxy) is 2. The van der Waals surface area contributed by atoms with Crippen molar-refractivity contribution in [2.45, 2.75) is 26.5 Å². The standard InChI is InChI=1S/C21H21N3O5/c1-4-24-20(26)15-10-6-5-9-14(15)18(23-24)21(27)29-13(2)19(25)22-16-11-7-8-12-17(16)28-3/h5-13H,4H2,1-3H3,(H,22,25)/t13-/m1/s1. The van der Waals surface area contributed by atoms with Gasteiger partial charge in [0.2, 0.25) is 0 Å². The molecule has 8 heteroatoms. The molecule has 0 aliphatic carbocycles. The van der Waals surface area contributed by atoms with Crippen molar-refractivity contribution < 1.29 is 19.1 Å². The molecular formula is C21H21N3O5. The number of hydrogen-bond acceptors (Lipinski definition) is 6. The molecule has 8 nitrogen and oxygen atoms in total. The van der Waals surface area contributed by atoms with Gasteiger partial charge in [-0.2, -0.15) is 5.10 Å². The molecule has 0 fully saturated rings. The Bertz CT molecular complexity index is 1120. The topological polar surface area (TPSA) is 99.5 Å². The fraction of sp³-hybridized carbons (Fsp3) is 0.238. The van der Waals surface area contributed by atoms with E-state index in [4.69, 9.17) is 9.47 Å². The smallest absolute Gasteiger partial charge is 0.360 e. The van der Waals surface area contributed by atoms with Gasteiger partial charge in [0.1, 0.15) is 5.75 Å². The molecule has 0 saturated carbocycles. The highest BCUT2D eigenvalue weighted by atomic mass is 16.5. The van der Waals surface area contributed by atoms with Crippen molar-refractivity contribution in [3.63, 3.8) is 0 Å². The minimum absolute atomic E-state index is 0.0148. The summed E-state index contributed by atoms with van der Waals surface area (Å²) in [4.78, 5) is 37.6. The third-order valence-corrected chi connectivity index (χ3v) is 4.38. The molecule has 1 amide bonds. The fourth-order valence-electron chi connectivity index (χ4n) is 2.85. The molecule has 1 heterocycles. The van der Waals surface area contributed by atoms with E-state index >= 15 is 0 Å². The van der Waals surface area contributed by atoms with Crippen LogP contribution in [0.15, 0.2) is 53.3 Å². The first-order valence-electron chi connectivity index (χ1n) is 9.11. The third-order valence-electron chi connectivity index (χ3n) is 4.38. The first-order valence-corrected chi connectivity index (χ1v) is 9.11. The van der Waals surface area contributed by atoms with Gasteiger partial charge in [-0.15, -0.1) is 0 Å². The maximum atomic E-state index is 12.7. The second-order valence-electron chi connectivity index (χ2n) is 6.25. The number of anilines is 1. The maximum Gasteiger partial charge on any atom is 0.360 e. The summed E-state index contributed by atoms with van der Waals surface area (Å²) in [6.07, 6.45) is -1.09. The quantitative estimate of drug-likeness (QED) is 0.644. The summed E-state index contributed by atoms with van der Waals surface area (Å²) >= 11 is 0. The van der Waals surface area contributed by atoms with Crippen molar-refractivity contribution in [1.29, 1.82) is 0 Å². The van der Waals surface area contributed by atoms with Gasteiger partial charge in [-0.05, 0) is 32.0 Å². The predicted octanol–water partition coefficient (Wildman–Crippen LogP) is 2.61. The largest absolute Gasteiger partial charge is 0.495 e. The first-order chi connectivity index (χ1) is 14.0. The molecule has 1 N–H and O–H groups in total. The van der Waals surface area contributed by atoms with E-state index in [0.29, 0.717) is 28.8 Å². The molecule has 0 aliphatic rings. The summed E-state index contributed by atoms with van der Waals surface area (Å²) in [6, 6.07) is 13.6. The Morgan fingerprint density at radius 1 is 1.10 bits per heavy atom. The molecule has 2 aromatic carbocycles. The second kappa shape index (κ2) is 8.55. The van der Waals surface area contributed by atoms with Crippen LogP contribution in [0.5, 0.6) is 5.75 Å². The number of esters is 1. The Kier molecular flexibility index (Phi) is 5.92. The van der Waals surface area contributed by atoms with E-state index in [9.17, 15) is 14.4 Å². The predicted molar refractivity (Wildman–Crippen MR) is 108 cm³/mol. The first kappa shape index (κ1) is 20.1. The summed E-state index contributed by atoms with van der Waals surface area (Å²) in [5, 5.41) is 7.53. The van der Waals surface area contributed by atoms with Crippen molar-refractivity contribution in [2.24, 2.45) is 0 Å². The molecule has 1 aromatic heterocycles. The highest BCUT2D eigenvalue weighted by molar-refractivity contribution is 6.03. The van der Waals surface area contributed by atoms with E-state index in [-0.39, 0.29) is 11.3 Å². The van der Waals surface area contributed by atoms with Crippen LogP contribution in [-0.2, 0) is 16.1 Å². The zero-order chi connectivity index (χ0) is 21.0. The van der Waals surface area contributed by atoms with Crippen LogP contribution in [0.25, 0.3) is 10.8 Å². The van der Waals surface area contributed by atoms with Crippen molar-refractivity contribution in [3.05, 3.63) is 64.6 Å². The maximum absolute atomic E-state index is 12.7. The summed E-state index contributed by atoms with van der Waals surface area (Å²) in [6.45, 7) is 3.51. The minimum Gasteiger partial charge on any atom is -0.495 e. The van der Waals surface area contributed by atoms with Crippen LogP contribution in [0.4, 0.5) is 5.69 Å². The number of aromatic nitrogens is 2. The van der Waals surface area contributed by atoms with Gasteiger partial charge < -0.3 is 14.8 Å². The number of rotatable bonds is 6. The monoisotopic (exact) mass is 395 g/mol. The number of carbonyl (C=O) groups is 2. The lowest BCUT2D eigenvalue weighted by Crippen LogP contribution is -2.32. The Hall–Kier alpha value is -3.68. The lowest BCUT2D eigenvalue weighted by atomic mass is 10.1. The normalized spacial score (nSPS) is 11.7. The number of methoxy groups -OCH3 is 1. The van der Waals surface area contributed by atoms with Crippen LogP contribution in [0.2, 0.25) is 0 Å². The number of nitrogens with zero attached hydrogens (tertiary/aromatic N) is 2. The average Bonchev–Trinajstić information content (AvgIpc) is 2.74. The molecule has 0 radical (unpaired) electrons. The number of benzene rings is 2. The Morgan fingerprint density at radius 2 is 1.76 bits per heavy atom. The van der Waals surface area contributed by atoms with E-state index < -0.39 is 18.0 Å². The molecule has 0 spiro atoms. The highest BCUT2D eigenvalue weighted by Crippen LogP contribution is 2.23. The van der Waals surface area contributed by atoms with Gasteiger partial charge in [0.15, 0.2) is 11.8 Å². The number of aryl methyl sites for hydroxylation is 1. The molecule has 0 bridgehead atoms. The van der Waals surface area contributed by atoms with Gasteiger partial charge in [-0.1, -0.05) is 30.3 Å². The van der Waals surface area contributed by atoms with Gasteiger partial charge in [0.25, 0.3) is 11.5 Å². The van der Waals surface area contributed by atoms with Gasteiger partial charge >= 0.3 is 5.97 Å². The zero-order valence-electron chi connectivity index (χ0n) is 16.3. The molecular weight excluding hydrogens is 374 g/mol. The molecule has 0 unspecified atom stereocenters. The van der Waals surface area contributed by atoms with Crippen LogP contribution >= 0.6 is 0 Å². The summed E-state index contributed by atoms with van der Waals surface area (Å²) in [7, 11) is 1.49. The highest BCUT2D eigenvalue weighted by Gasteiger charge is 2.23. The van der Waals surface area contributed by atoms with Crippen molar-refractivity contribution in [1.82, 2.24) is 9.78 Å². The van der Waals surface area contributed by atoms with Crippen LogP contribution in [0.3, 0.4) is 0 Å². The van der Waals surface area contributed by atoms with Gasteiger partial charge in [-0.25, -0.2) is 9.48 Å². The van der Waals surface area contributed by atoms with Crippen LogP contribution in [-0.4, -0.2) is 34.9 Å². The minimum atomic E-state index is -1.09. The average molecular weight is 395 g/mol. The Balaban J connectivity index is 1.84. The molecule has 0 saturated heterocycles. The number of fused-ring (bicyclic) bond motifs is 1. The summed E-state index contributed by atoms with van der Waals surface area (Å²) in [5.41, 5.74) is 0.159. The van der Waals surface area contributed by atoms with E-state index in [0.717, 1.165) is 0 Å². The third kappa shape index (κ3) is 4.11. The lowest BCUT2D eigenvalue weighted by Gasteiger charge is -2.16. The van der Waals surface area contributed by atoms with Gasteiger partial charge in [0.05, 0.1) is 18.2 Å². The molecule has 3 aromatic rings. The van der Waals surface area contributed by atoms with Crippen LogP contribution in [0.1, 0.15) is 24.3 Å². The number of carbonyl (C=O) groups excluding carboxylic acids is 2. The van der Waals surface area contributed by atoms with Gasteiger partial charge in [0, 0.05) is 11.9 Å². The fourth-order valence-corrected chi connectivity index (χ4v) is 2.85. The van der Waals surface area contributed by atoms with Crippen molar-refractivity contribution >= 4 is 28.3 Å². The van der Waals surface area contributed by atoms with E-state index in [1.807, 2.05) is 0 Å². The molecule has 0 aliphatic heterocycles. The zero-order valence-corrected chi connectivity index (χ0v) is 16.3. The lowest BCUT2D eigenvalue weighted by molar-refractivity contribution is -0.123. The summed E-state index contributed by atoms with van der Waals surface area (Å²) in [5.74, 6) is -0.816. The molecule has 1 atom stereocenters. The van der Waals surface area contributed by atoms with E-state index in [1.165, 1.54) is 18.7 Å². The number of nitrogens with one attached hydrogen (secondary N) is 1. The van der Waals surface area contributed by atoms with Crippen LogP contribution < -0.4 is 15.6 Å². The summed E-state index contributed by atoms with van der Waals surface area (Å²) < 4.78 is 11.7. The molecule has 150 valence electrons. The Morgan fingerprint density at radius 3 is 2.45 bits per heavy atom. The van der Waals surface area contributed by atoms with E-state index in [1.54, 1.807) is 55.5 Å². The van der Waals surface area contributed by atoms with E-state index in [2.05, 4.69) is 10.4 Å². The molecule has 29 heavy (non-hydrogen) atoms. The van der Waals surface area contributed by atoms with Gasteiger partial charge in [-0.3, -0.25) is 9.59 Å².